The summed E-state index contributed by atoms with van der Waals surface area (Å²) in [5.74, 6) is 0.0170. The first kappa shape index (κ1) is 14.5. The van der Waals surface area contributed by atoms with Crippen molar-refractivity contribution in [1.29, 1.82) is 0 Å². The summed E-state index contributed by atoms with van der Waals surface area (Å²) >= 11 is 0. The fourth-order valence-electron chi connectivity index (χ4n) is 2.30. The fraction of sp³-hybridized carbons (Fsp3) is 0. The van der Waals surface area contributed by atoms with Crippen molar-refractivity contribution in [3.05, 3.63) is 54.6 Å². The number of aliphatic imine (C=N–C) groups is 1. The molecular weight excluding hydrogens is 290 g/mol. The predicted molar refractivity (Wildman–Crippen MR) is 92.1 cm³/mol. The van der Waals surface area contributed by atoms with E-state index in [9.17, 15) is 4.79 Å². The highest BCUT2D eigenvalue weighted by Gasteiger charge is 2.08. The van der Waals surface area contributed by atoms with Gasteiger partial charge in [0.2, 0.25) is 6.41 Å². The lowest BCUT2D eigenvalue weighted by Crippen LogP contribution is -2.29. The van der Waals surface area contributed by atoms with E-state index in [1.807, 2.05) is 42.5 Å². The summed E-state index contributed by atoms with van der Waals surface area (Å²) in [6, 6.07) is 16.9. The molecule has 2 aromatic carbocycles. The number of carbonyl (C=O) groups excluding carboxylic acids is 1. The van der Waals surface area contributed by atoms with Crippen LogP contribution in [-0.2, 0) is 4.79 Å². The summed E-state index contributed by atoms with van der Waals surface area (Å²) in [5, 5.41) is 3.13. The molecule has 5 N–H and O–H groups in total. The van der Waals surface area contributed by atoms with Crippen molar-refractivity contribution in [1.82, 2.24) is 10.3 Å². The van der Waals surface area contributed by atoms with Gasteiger partial charge >= 0.3 is 0 Å². The topological polar surface area (TPSA) is 106 Å². The monoisotopic (exact) mass is 305 g/mol. The van der Waals surface area contributed by atoms with Gasteiger partial charge in [-0.05, 0) is 24.3 Å². The van der Waals surface area contributed by atoms with Gasteiger partial charge in [-0.2, -0.15) is 0 Å². The van der Waals surface area contributed by atoms with Crippen LogP contribution in [-0.4, -0.2) is 17.4 Å². The molecule has 0 aliphatic heterocycles. The normalized spacial score (nSPS) is 11.4. The zero-order chi connectivity index (χ0) is 16.2. The van der Waals surface area contributed by atoms with Crippen LogP contribution in [0.4, 0.5) is 11.4 Å². The van der Waals surface area contributed by atoms with Crippen LogP contribution in [0.25, 0.3) is 22.2 Å². The minimum absolute atomic E-state index is 0.0170. The highest BCUT2D eigenvalue weighted by molar-refractivity contribution is 5.98. The minimum Gasteiger partial charge on any atom is -0.399 e. The third-order valence-corrected chi connectivity index (χ3v) is 3.33. The Morgan fingerprint density at radius 2 is 1.91 bits per heavy atom. The van der Waals surface area contributed by atoms with Gasteiger partial charge in [0.15, 0.2) is 5.96 Å². The first-order chi connectivity index (χ1) is 11.2. The van der Waals surface area contributed by atoms with E-state index in [1.54, 1.807) is 12.1 Å². The van der Waals surface area contributed by atoms with Gasteiger partial charge in [0.25, 0.3) is 0 Å². The molecule has 114 valence electrons. The van der Waals surface area contributed by atoms with E-state index in [2.05, 4.69) is 15.3 Å². The summed E-state index contributed by atoms with van der Waals surface area (Å²) in [4.78, 5) is 19.4. The molecule has 3 rings (SSSR count). The molecule has 0 spiro atoms. The Morgan fingerprint density at radius 1 is 1.13 bits per heavy atom. The van der Waals surface area contributed by atoms with Gasteiger partial charge in [-0.15, -0.1) is 0 Å². The van der Waals surface area contributed by atoms with Crippen LogP contribution >= 0.6 is 0 Å². The molecule has 0 unspecified atom stereocenters. The molecule has 1 aromatic heterocycles. The third kappa shape index (κ3) is 3.11. The molecule has 0 saturated heterocycles. The highest BCUT2D eigenvalue weighted by atomic mass is 16.1. The Morgan fingerprint density at radius 3 is 2.65 bits per heavy atom. The Labute approximate surface area is 132 Å². The van der Waals surface area contributed by atoms with E-state index in [-0.39, 0.29) is 5.96 Å². The molecule has 0 atom stereocenters. The minimum atomic E-state index is 0.0170. The molecule has 6 heteroatoms. The van der Waals surface area contributed by atoms with Crippen molar-refractivity contribution in [3.63, 3.8) is 0 Å². The van der Waals surface area contributed by atoms with Crippen molar-refractivity contribution in [2.24, 2.45) is 10.7 Å². The summed E-state index contributed by atoms with van der Waals surface area (Å²) in [5.41, 5.74) is 15.2. The SMILES string of the molecule is NC(=Nc1cc(-c2ccccc2)nc2cc(N)ccc12)NC=O. The molecule has 0 fully saturated rings. The smallest absolute Gasteiger partial charge is 0.213 e. The number of anilines is 1. The second-order valence-electron chi connectivity index (χ2n) is 4.93. The Bertz CT molecular complexity index is 890. The second-order valence-corrected chi connectivity index (χ2v) is 4.93. The lowest BCUT2D eigenvalue weighted by Gasteiger charge is -2.08. The molecule has 1 amide bonds. The van der Waals surface area contributed by atoms with Crippen molar-refractivity contribution in [3.8, 4) is 11.3 Å². The number of pyridine rings is 1. The summed E-state index contributed by atoms with van der Waals surface area (Å²) in [6.07, 6.45) is 0.484. The van der Waals surface area contributed by atoms with E-state index < -0.39 is 0 Å². The molecule has 0 bridgehead atoms. The molecule has 0 aliphatic rings. The van der Waals surface area contributed by atoms with Crippen molar-refractivity contribution >= 4 is 34.6 Å². The average Bonchev–Trinajstić information content (AvgIpc) is 2.55. The standard InChI is InChI=1S/C17H15N5O/c18-12-6-7-13-15(8-12)21-14(11-4-2-1-3-5-11)9-16(13)22-17(19)20-10-23/h1-10H,18H2,(H3,19,20,21,22,23). The second kappa shape index (κ2) is 6.15. The zero-order valence-corrected chi connectivity index (χ0v) is 12.2. The van der Waals surface area contributed by atoms with Crippen LogP contribution in [0.3, 0.4) is 0 Å². The van der Waals surface area contributed by atoms with Crippen LogP contribution in [0.15, 0.2) is 59.6 Å². The van der Waals surface area contributed by atoms with E-state index in [0.29, 0.717) is 23.3 Å². The van der Waals surface area contributed by atoms with Crippen LogP contribution in [0.5, 0.6) is 0 Å². The van der Waals surface area contributed by atoms with Crippen LogP contribution in [0.1, 0.15) is 0 Å². The Balaban J connectivity index is 2.24. The molecule has 0 radical (unpaired) electrons. The number of carbonyl (C=O) groups is 1. The molecule has 1 heterocycles. The Hall–Kier alpha value is -3.41. The first-order valence-electron chi connectivity index (χ1n) is 6.97. The van der Waals surface area contributed by atoms with Crippen molar-refractivity contribution in [2.75, 3.05) is 5.73 Å². The van der Waals surface area contributed by atoms with E-state index in [0.717, 1.165) is 16.6 Å². The van der Waals surface area contributed by atoms with Crippen molar-refractivity contribution in [2.45, 2.75) is 0 Å². The predicted octanol–water partition coefficient (Wildman–Crippen LogP) is 2.18. The lowest BCUT2D eigenvalue weighted by molar-refractivity contribution is -0.108. The first-order valence-corrected chi connectivity index (χ1v) is 6.97. The summed E-state index contributed by atoms with van der Waals surface area (Å²) in [6.45, 7) is 0. The van der Waals surface area contributed by atoms with E-state index in [1.165, 1.54) is 0 Å². The lowest BCUT2D eigenvalue weighted by atomic mass is 10.1. The maximum atomic E-state index is 10.5. The van der Waals surface area contributed by atoms with Gasteiger partial charge < -0.3 is 11.5 Å². The van der Waals surface area contributed by atoms with Gasteiger partial charge in [0.1, 0.15) is 0 Å². The Kier molecular flexibility index (Phi) is 3.88. The third-order valence-electron chi connectivity index (χ3n) is 3.33. The number of nitrogens with two attached hydrogens (primary N) is 2. The number of benzene rings is 2. The number of guanidine groups is 1. The largest absolute Gasteiger partial charge is 0.399 e. The number of fused-ring (bicyclic) bond motifs is 1. The molecule has 0 saturated carbocycles. The summed E-state index contributed by atoms with van der Waals surface area (Å²) < 4.78 is 0. The highest BCUT2D eigenvalue weighted by Crippen LogP contribution is 2.31. The number of hydrogen-bond acceptors (Lipinski definition) is 4. The maximum absolute atomic E-state index is 10.5. The maximum Gasteiger partial charge on any atom is 0.213 e. The number of nitrogens with zero attached hydrogens (tertiary/aromatic N) is 2. The molecule has 0 aliphatic carbocycles. The van der Waals surface area contributed by atoms with Crippen molar-refractivity contribution < 1.29 is 4.79 Å². The number of rotatable bonds is 3. The number of aromatic nitrogens is 1. The number of hydrogen-bond donors (Lipinski definition) is 3. The number of amides is 1. The van der Waals surface area contributed by atoms with Crippen LogP contribution < -0.4 is 16.8 Å². The van der Waals surface area contributed by atoms with Gasteiger partial charge in [-0.1, -0.05) is 30.3 Å². The molecule has 3 aromatic rings. The number of nitrogens with one attached hydrogen (secondary N) is 1. The number of nitrogen functional groups attached to an aromatic ring is 1. The van der Waals surface area contributed by atoms with Crippen LogP contribution in [0, 0.1) is 0 Å². The summed E-state index contributed by atoms with van der Waals surface area (Å²) in [7, 11) is 0. The van der Waals surface area contributed by atoms with Gasteiger partial charge in [-0.25, -0.2) is 9.98 Å². The zero-order valence-electron chi connectivity index (χ0n) is 12.2. The fourth-order valence-corrected chi connectivity index (χ4v) is 2.30. The molecule has 23 heavy (non-hydrogen) atoms. The molecular formula is C17H15N5O. The van der Waals surface area contributed by atoms with Gasteiger partial charge in [0, 0.05) is 16.6 Å². The van der Waals surface area contributed by atoms with E-state index in [4.69, 9.17) is 11.5 Å². The van der Waals surface area contributed by atoms with E-state index >= 15 is 0 Å². The molecule has 6 nitrogen and oxygen atoms in total. The van der Waals surface area contributed by atoms with Gasteiger partial charge in [-0.3, -0.25) is 10.1 Å². The quantitative estimate of drug-likeness (QED) is 0.298. The average molecular weight is 305 g/mol. The van der Waals surface area contributed by atoms with Crippen LogP contribution in [0.2, 0.25) is 0 Å². The van der Waals surface area contributed by atoms with Gasteiger partial charge in [0.05, 0.1) is 16.9 Å².